The highest BCUT2D eigenvalue weighted by Crippen LogP contribution is 2.33. The van der Waals surface area contributed by atoms with Crippen LogP contribution >= 0.6 is 15.9 Å². The zero-order valence-electron chi connectivity index (χ0n) is 19.4. The Morgan fingerprint density at radius 3 is 2.25 bits per heavy atom. The maximum atomic E-state index is 13.6. The summed E-state index contributed by atoms with van der Waals surface area (Å²) in [6.07, 6.45) is -1.37. The zero-order chi connectivity index (χ0) is 26.0. The highest BCUT2D eigenvalue weighted by molar-refractivity contribution is 9.10. The molecule has 36 heavy (non-hydrogen) atoms. The molecule has 8 nitrogen and oxygen atoms in total. The predicted octanol–water partition coefficient (Wildman–Crippen LogP) is 5.02. The van der Waals surface area contributed by atoms with Crippen molar-refractivity contribution in [2.75, 3.05) is 14.2 Å². The van der Waals surface area contributed by atoms with Crippen LogP contribution in [-0.4, -0.2) is 46.7 Å². The molecule has 1 heterocycles. The molecule has 182 valence electrons. The van der Waals surface area contributed by atoms with Gasteiger partial charge in [0.2, 0.25) is 0 Å². The molecule has 0 spiro atoms. The number of aromatic nitrogens is 1. The number of carboxylic acid groups (broad SMARTS) is 1. The van der Waals surface area contributed by atoms with Crippen molar-refractivity contribution in [2.24, 2.45) is 0 Å². The minimum absolute atomic E-state index is 0.0261. The van der Waals surface area contributed by atoms with E-state index in [1.807, 2.05) is 30.3 Å². The molecule has 0 aliphatic rings. The van der Waals surface area contributed by atoms with E-state index in [4.69, 9.17) is 9.84 Å². The molecule has 0 saturated heterocycles. The molecule has 1 aromatic heterocycles. The van der Waals surface area contributed by atoms with E-state index in [0.717, 1.165) is 10.0 Å². The van der Waals surface area contributed by atoms with Gasteiger partial charge < -0.3 is 9.84 Å². The van der Waals surface area contributed by atoms with Crippen LogP contribution in [0.4, 0.5) is 4.79 Å². The van der Waals surface area contributed by atoms with Crippen LogP contribution in [0.15, 0.2) is 82.1 Å². The third-order valence-electron chi connectivity index (χ3n) is 5.81. The number of rotatable bonds is 5. The van der Waals surface area contributed by atoms with Crippen LogP contribution in [0.2, 0.25) is 0 Å². The number of nitrogens with zero attached hydrogens (tertiary/aromatic N) is 2. The number of imide groups is 1. The number of ether oxygens (including phenoxy) is 1. The van der Waals surface area contributed by atoms with Crippen molar-refractivity contribution in [1.29, 1.82) is 0 Å². The molecule has 9 heteroatoms. The van der Waals surface area contributed by atoms with Crippen molar-refractivity contribution < 1.29 is 24.2 Å². The topological polar surface area (TPSA) is 106 Å². The number of pyridine rings is 1. The number of fused-ring (bicyclic) bond motifs is 1. The van der Waals surface area contributed by atoms with Crippen molar-refractivity contribution in [3.05, 3.63) is 104 Å². The third kappa shape index (κ3) is 4.65. The molecule has 0 unspecified atom stereocenters. The van der Waals surface area contributed by atoms with E-state index in [2.05, 4.69) is 15.9 Å². The molecule has 2 amide bonds. The maximum Gasteiger partial charge on any atom is 0.414 e. The summed E-state index contributed by atoms with van der Waals surface area (Å²) in [5, 5.41) is 10.1. The summed E-state index contributed by atoms with van der Waals surface area (Å²) >= 11 is 3.46. The fraction of sp³-hybridized carbons (Fsp3) is 0.111. The molecule has 4 rings (SSSR count). The van der Waals surface area contributed by atoms with Crippen molar-refractivity contribution in [3.63, 3.8) is 0 Å². The first kappa shape index (κ1) is 24.9. The Kier molecular flexibility index (Phi) is 7.03. The lowest BCUT2D eigenvalue weighted by atomic mass is 9.96. The summed E-state index contributed by atoms with van der Waals surface area (Å²) in [4.78, 5) is 50.7. The van der Waals surface area contributed by atoms with Crippen molar-refractivity contribution in [2.45, 2.75) is 6.54 Å². The van der Waals surface area contributed by atoms with Crippen molar-refractivity contribution >= 4 is 44.7 Å². The number of hydrogen-bond acceptors (Lipinski definition) is 5. The number of halogens is 1. The molecule has 0 fully saturated rings. The van der Waals surface area contributed by atoms with E-state index >= 15 is 0 Å². The van der Waals surface area contributed by atoms with Gasteiger partial charge in [-0.2, -0.15) is 0 Å². The van der Waals surface area contributed by atoms with Gasteiger partial charge in [0.15, 0.2) is 0 Å². The van der Waals surface area contributed by atoms with Crippen LogP contribution in [0, 0.1) is 0 Å². The second kappa shape index (κ2) is 10.2. The van der Waals surface area contributed by atoms with Gasteiger partial charge in [-0.05, 0) is 46.8 Å². The van der Waals surface area contributed by atoms with E-state index in [1.165, 1.54) is 30.9 Å². The molecule has 4 aromatic rings. The van der Waals surface area contributed by atoms with Crippen LogP contribution < -0.4 is 5.56 Å². The highest BCUT2D eigenvalue weighted by Gasteiger charge is 2.24. The second-order valence-corrected chi connectivity index (χ2v) is 8.92. The molecule has 3 aromatic carbocycles. The van der Waals surface area contributed by atoms with Gasteiger partial charge in [0, 0.05) is 28.0 Å². The fourth-order valence-corrected chi connectivity index (χ4v) is 4.35. The summed E-state index contributed by atoms with van der Waals surface area (Å²) in [6, 6.07) is 20.7. The first-order valence-corrected chi connectivity index (χ1v) is 11.6. The van der Waals surface area contributed by atoms with Crippen molar-refractivity contribution in [3.8, 4) is 11.1 Å². The van der Waals surface area contributed by atoms with Gasteiger partial charge >= 0.3 is 12.1 Å². The lowest BCUT2D eigenvalue weighted by Gasteiger charge is -2.19. The van der Waals surface area contributed by atoms with Gasteiger partial charge in [-0.3, -0.25) is 14.2 Å². The van der Waals surface area contributed by atoms with Gasteiger partial charge in [-0.25, -0.2) is 14.5 Å². The van der Waals surface area contributed by atoms with Crippen LogP contribution in [0.5, 0.6) is 0 Å². The molecule has 1 N–H and O–H groups in total. The summed E-state index contributed by atoms with van der Waals surface area (Å²) in [5.41, 5.74) is 1.85. The third-order valence-corrected chi connectivity index (χ3v) is 6.30. The van der Waals surface area contributed by atoms with E-state index in [-0.39, 0.29) is 23.4 Å². The Labute approximate surface area is 214 Å². The zero-order valence-corrected chi connectivity index (χ0v) is 21.0. The first-order valence-electron chi connectivity index (χ1n) is 10.8. The summed E-state index contributed by atoms with van der Waals surface area (Å²) in [7, 11) is 2.43. The monoisotopic (exact) mass is 548 g/mol. The molecule has 0 aliphatic heterocycles. The minimum atomic E-state index is -1.37. The van der Waals surface area contributed by atoms with Gasteiger partial charge in [-0.1, -0.05) is 58.4 Å². The summed E-state index contributed by atoms with van der Waals surface area (Å²) in [6.45, 7) is 0.0261. The molecule has 0 bridgehead atoms. The molecular weight excluding hydrogens is 528 g/mol. The molecular formula is C27H21BrN2O6. The highest BCUT2D eigenvalue weighted by atomic mass is 79.9. The van der Waals surface area contributed by atoms with E-state index in [0.29, 0.717) is 26.8 Å². The van der Waals surface area contributed by atoms with Crippen molar-refractivity contribution in [1.82, 2.24) is 9.47 Å². The Balaban J connectivity index is 1.92. The number of methoxy groups -OCH3 is 1. The van der Waals surface area contributed by atoms with Gasteiger partial charge in [0.25, 0.3) is 11.5 Å². The predicted molar refractivity (Wildman–Crippen MR) is 138 cm³/mol. The van der Waals surface area contributed by atoms with Crippen LogP contribution in [0.25, 0.3) is 21.9 Å². The Hall–Kier alpha value is -4.24. The lowest BCUT2D eigenvalue weighted by Crippen LogP contribution is -2.31. The SMILES string of the molecule is COC(=O)c1c(-c2ccccc2)c2cc(Br)ccc2c(=O)n1Cc1ccc(C(=O)N(C)C(=O)O)cc1. The summed E-state index contributed by atoms with van der Waals surface area (Å²) < 4.78 is 7.22. The smallest absolute Gasteiger partial charge is 0.414 e. The maximum absolute atomic E-state index is 13.6. The average Bonchev–Trinajstić information content (AvgIpc) is 2.89. The quantitative estimate of drug-likeness (QED) is 0.351. The lowest BCUT2D eigenvalue weighted by molar-refractivity contribution is 0.0588. The summed E-state index contributed by atoms with van der Waals surface area (Å²) in [5.74, 6) is -1.34. The van der Waals surface area contributed by atoms with E-state index in [9.17, 15) is 19.2 Å². The number of carbonyl (C=O) groups is 3. The largest absolute Gasteiger partial charge is 0.465 e. The van der Waals surface area contributed by atoms with Crippen LogP contribution in [0.1, 0.15) is 26.4 Å². The van der Waals surface area contributed by atoms with Crippen LogP contribution in [0.3, 0.4) is 0 Å². The Morgan fingerprint density at radius 2 is 1.64 bits per heavy atom. The Morgan fingerprint density at radius 1 is 0.972 bits per heavy atom. The normalized spacial score (nSPS) is 10.8. The molecule has 0 aliphatic carbocycles. The fourth-order valence-electron chi connectivity index (χ4n) is 3.99. The number of esters is 1. The number of amides is 2. The standard InChI is InChI=1S/C27H21BrN2O6/c1-29(27(34)35)24(31)18-10-8-16(9-11-18)15-30-23(26(33)36-2)22(17-6-4-3-5-7-17)21-14-19(28)12-13-20(21)25(30)32/h3-14H,15H2,1-2H3,(H,34,35). The molecule has 0 saturated carbocycles. The number of carbonyl (C=O) groups excluding carboxylic acids is 2. The number of hydrogen-bond donors (Lipinski definition) is 1. The van der Waals surface area contributed by atoms with E-state index in [1.54, 1.807) is 30.3 Å². The minimum Gasteiger partial charge on any atom is -0.465 e. The number of benzene rings is 3. The first-order chi connectivity index (χ1) is 17.2. The van der Waals surface area contributed by atoms with Crippen LogP contribution in [-0.2, 0) is 11.3 Å². The molecule has 0 radical (unpaired) electrons. The Bertz CT molecular complexity index is 1550. The van der Waals surface area contributed by atoms with Gasteiger partial charge in [0.1, 0.15) is 5.69 Å². The van der Waals surface area contributed by atoms with Gasteiger partial charge in [-0.15, -0.1) is 0 Å². The van der Waals surface area contributed by atoms with Gasteiger partial charge in [0.05, 0.1) is 13.7 Å². The average molecular weight is 549 g/mol. The second-order valence-electron chi connectivity index (χ2n) is 8.01. The molecule has 0 atom stereocenters. The van der Waals surface area contributed by atoms with E-state index < -0.39 is 18.0 Å².